The summed E-state index contributed by atoms with van der Waals surface area (Å²) in [6, 6.07) is 12.5. The largest absolute Gasteiger partial charge is 0.352 e. The number of hydrogen-bond donors (Lipinski definition) is 1. The number of nitrogens with one attached hydrogen (secondary N) is 1. The van der Waals surface area contributed by atoms with Gasteiger partial charge in [-0.3, -0.25) is 4.79 Å². The van der Waals surface area contributed by atoms with Crippen molar-refractivity contribution >= 4 is 17.4 Å². The molecule has 0 spiro atoms. The Hall–Kier alpha value is -2.36. The molecule has 0 radical (unpaired) electrons. The lowest BCUT2D eigenvalue weighted by molar-refractivity contribution is -0.123. The molecule has 4 heteroatoms. The van der Waals surface area contributed by atoms with Gasteiger partial charge in [-0.15, -0.1) is 0 Å². The molecule has 4 nitrogen and oxygen atoms in total. The van der Waals surface area contributed by atoms with Crippen molar-refractivity contribution < 1.29 is 4.79 Å². The van der Waals surface area contributed by atoms with E-state index in [1.54, 1.807) is 6.20 Å². The first-order chi connectivity index (χ1) is 10.9. The van der Waals surface area contributed by atoms with Gasteiger partial charge >= 0.3 is 0 Å². The zero-order chi connectivity index (χ0) is 16.4. The summed E-state index contributed by atoms with van der Waals surface area (Å²) in [4.78, 5) is 18.8. The van der Waals surface area contributed by atoms with Crippen molar-refractivity contribution in [2.45, 2.75) is 33.7 Å². The Kier molecular flexibility index (Phi) is 4.07. The fraction of sp³-hybridized carbons (Fsp3) is 0.368. The third-order valence-electron chi connectivity index (χ3n) is 4.14. The monoisotopic (exact) mass is 309 g/mol. The number of aromatic nitrogens is 1. The minimum atomic E-state index is -0.407. The number of anilines is 2. The van der Waals surface area contributed by atoms with Crippen LogP contribution in [0, 0.1) is 5.41 Å². The molecule has 1 aromatic heterocycles. The van der Waals surface area contributed by atoms with E-state index in [1.165, 1.54) is 11.1 Å². The summed E-state index contributed by atoms with van der Waals surface area (Å²) in [6.45, 7) is 7.55. The van der Waals surface area contributed by atoms with E-state index in [0.717, 1.165) is 31.0 Å². The van der Waals surface area contributed by atoms with Crippen LogP contribution in [-0.2, 0) is 17.8 Å². The van der Waals surface area contributed by atoms with Crippen LogP contribution in [0.25, 0.3) is 0 Å². The second kappa shape index (κ2) is 6.03. The van der Waals surface area contributed by atoms with E-state index in [9.17, 15) is 4.79 Å². The summed E-state index contributed by atoms with van der Waals surface area (Å²) >= 11 is 0. The molecule has 0 saturated carbocycles. The van der Waals surface area contributed by atoms with Crippen molar-refractivity contribution in [3.63, 3.8) is 0 Å². The lowest BCUT2D eigenvalue weighted by Crippen LogP contribution is -2.31. The van der Waals surface area contributed by atoms with Gasteiger partial charge < -0.3 is 10.2 Å². The third-order valence-corrected chi connectivity index (χ3v) is 4.14. The van der Waals surface area contributed by atoms with Crippen molar-refractivity contribution in [3.05, 3.63) is 53.7 Å². The summed E-state index contributed by atoms with van der Waals surface area (Å²) < 4.78 is 0. The van der Waals surface area contributed by atoms with Crippen LogP contribution in [0.4, 0.5) is 11.5 Å². The minimum Gasteiger partial charge on any atom is -0.352 e. The molecule has 0 fully saturated rings. The van der Waals surface area contributed by atoms with Crippen molar-refractivity contribution in [2.24, 2.45) is 5.41 Å². The smallest absolute Gasteiger partial charge is 0.229 e. The van der Waals surface area contributed by atoms with E-state index < -0.39 is 5.41 Å². The molecule has 2 aromatic rings. The van der Waals surface area contributed by atoms with Crippen LogP contribution >= 0.6 is 0 Å². The van der Waals surface area contributed by atoms with Crippen LogP contribution in [0.1, 0.15) is 31.9 Å². The molecular weight excluding hydrogens is 286 g/mol. The Morgan fingerprint density at radius 1 is 1.13 bits per heavy atom. The van der Waals surface area contributed by atoms with Gasteiger partial charge in [-0.05, 0) is 29.7 Å². The fourth-order valence-electron chi connectivity index (χ4n) is 2.66. The molecule has 0 atom stereocenters. The Bertz CT molecular complexity index is 701. The van der Waals surface area contributed by atoms with Gasteiger partial charge in [0.05, 0.1) is 11.9 Å². The third kappa shape index (κ3) is 3.52. The van der Waals surface area contributed by atoms with Crippen molar-refractivity contribution in [1.82, 2.24) is 4.98 Å². The average molecular weight is 309 g/mol. The van der Waals surface area contributed by atoms with Crippen LogP contribution in [0.15, 0.2) is 42.6 Å². The van der Waals surface area contributed by atoms with Gasteiger partial charge in [-0.25, -0.2) is 4.98 Å². The maximum absolute atomic E-state index is 12.0. The maximum Gasteiger partial charge on any atom is 0.229 e. The molecule has 1 N–H and O–H groups in total. The SMILES string of the molecule is CC(C)(C)C(=O)Nc1ccc(N2CCc3ccccc3C2)nc1. The Morgan fingerprint density at radius 2 is 1.87 bits per heavy atom. The molecule has 0 unspecified atom stereocenters. The molecule has 1 aromatic carbocycles. The Balaban J connectivity index is 1.70. The summed E-state index contributed by atoms with van der Waals surface area (Å²) in [7, 11) is 0. The first kappa shape index (κ1) is 15.5. The number of amides is 1. The zero-order valence-electron chi connectivity index (χ0n) is 14.0. The predicted octanol–water partition coefficient (Wildman–Crippen LogP) is 3.63. The second-order valence-electron chi connectivity index (χ2n) is 7.05. The minimum absolute atomic E-state index is 0.000972. The normalized spacial score (nSPS) is 14.3. The number of nitrogens with zero attached hydrogens (tertiary/aromatic N) is 2. The van der Waals surface area contributed by atoms with Gasteiger partial charge in [0, 0.05) is 18.5 Å². The highest BCUT2D eigenvalue weighted by Gasteiger charge is 2.21. The van der Waals surface area contributed by atoms with Gasteiger partial charge in [0.2, 0.25) is 5.91 Å². The number of carbonyl (C=O) groups is 1. The van der Waals surface area contributed by atoms with Gasteiger partial charge in [0.25, 0.3) is 0 Å². The summed E-state index contributed by atoms with van der Waals surface area (Å²) in [5.74, 6) is 0.951. The van der Waals surface area contributed by atoms with Gasteiger partial charge in [0.1, 0.15) is 5.82 Å². The molecule has 0 aliphatic carbocycles. The molecule has 2 heterocycles. The van der Waals surface area contributed by atoms with E-state index in [1.807, 2.05) is 32.9 Å². The van der Waals surface area contributed by atoms with Crippen molar-refractivity contribution in [3.8, 4) is 0 Å². The first-order valence-corrected chi connectivity index (χ1v) is 8.03. The summed E-state index contributed by atoms with van der Waals surface area (Å²) in [5.41, 5.74) is 3.13. The molecule has 0 bridgehead atoms. The van der Waals surface area contributed by atoms with E-state index in [-0.39, 0.29) is 5.91 Å². The van der Waals surface area contributed by atoms with Crippen LogP contribution in [0.3, 0.4) is 0 Å². The van der Waals surface area contributed by atoms with E-state index >= 15 is 0 Å². The van der Waals surface area contributed by atoms with Crippen LogP contribution in [0.5, 0.6) is 0 Å². The first-order valence-electron chi connectivity index (χ1n) is 8.03. The molecule has 3 rings (SSSR count). The lowest BCUT2D eigenvalue weighted by atomic mass is 9.95. The second-order valence-corrected chi connectivity index (χ2v) is 7.05. The van der Waals surface area contributed by atoms with E-state index in [2.05, 4.69) is 39.5 Å². The summed E-state index contributed by atoms with van der Waals surface area (Å²) in [6.07, 6.45) is 2.78. The summed E-state index contributed by atoms with van der Waals surface area (Å²) in [5, 5.41) is 2.91. The fourth-order valence-corrected chi connectivity index (χ4v) is 2.66. The standard InChI is InChI=1S/C19H23N3O/c1-19(2,3)18(23)21-16-8-9-17(20-12-16)22-11-10-14-6-4-5-7-15(14)13-22/h4-9,12H,10-11,13H2,1-3H3,(H,21,23). The number of carbonyl (C=O) groups excluding carboxylic acids is 1. The van der Waals surface area contributed by atoms with Crippen LogP contribution in [0.2, 0.25) is 0 Å². The zero-order valence-corrected chi connectivity index (χ0v) is 14.0. The maximum atomic E-state index is 12.0. The topological polar surface area (TPSA) is 45.2 Å². The molecule has 1 aliphatic rings. The molecule has 23 heavy (non-hydrogen) atoms. The molecule has 0 saturated heterocycles. The quantitative estimate of drug-likeness (QED) is 0.921. The van der Waals surface area contributed by atoms with Crippen molar-refractivity contribution in [1.29, 1.82) is 0 Å². The Morgan fingerprint density at radius 3 is 2.52 bits per heavy atom. The molecule has 1 amide bonds. The average Bonchev–Trinajstić information content (AvgIpc) is 2.54. The van der Waals surface area contributed by atoms with Crippen molar-refractivity contribution in [2.75, 3.05) is 16.8 Å². The lowest BCUT2D eigenvalue weighted by Gasteiger charge is -2.29. The van der Waals surface area contributed by atoms with Gasteiger partial charge in [-0.2, -0.15) is 0 Å². The van der Waals surface area contributed by atoms with Gasteiger partial charge in [0.15, 0.2) is 0 Å². The Labute approximate surface area is 137 Å². The molecular formula is C19H23N3O. The highest BCUT2D eigenvalue weighted by atomic mass is 16.2. The molecule has 120 valence electrons. The number of pyridine rings is 1. The highest BCUT2D eigenvalue weighted by molar-refractivity contribution is 5.94. The molecule has 1 aliphatic heterocycles. The highest BCUT2D eigenvalue weighted by Crippen LogP contribution is 2.24. The number of hydrogen-bond acceptors (Lipinski definition) is 3. The van der Waals surface area contributed by atoms with E-state index in [4.69, 9.17) is 0 Å². The number of fused-ring (bicyclic) bond motifs is 1. The van der Waals surface area contributed by atoms with E-state index in [0.29, 0.717) is 0 Å². The predicted molar refractivity (Wildman–Crippen MR) is 93.5 cm³/mol. The van der Waals surface area contributed by atoms with Crippen LogP contribution in [-0.4, -0.2) is 17.4 Å². The number of rotatable bonds is 2. The van der Waals surface area contributed by atoms with Crippen LogP contribution < -0.4 is 10.2 Å². The number of benzene rings is 1. The van der Waals surface area contributed by atoms with Gasteiger partial charge in [-0.1, -0.05) is 45.0 Å².